The van der Waals surface area contributed by atoms with E-state index in [4.69, 9.17) is 9.57 Å². The first-order chi connectivity index (χ1) is 32.2. The molecule has 0 saturated carbocycles. The van der Waals surface area contributed by atoms with Crippen molar-refractivity contribution in [3.63, 3.8) is 0 Å². The monoisotopic (exact) mass is 993 g/mol. The number of benzene rings is 3. The van der Waals surface area contributed by atoms with Crippen molar-refractivity contribution in [2.75, 3.05) is 56.1 Å². The summed E-state index contributed by atoms with van der Waals surface area (Å²) in [5.41, 5.74) is -0.912. The van der Waals surface area contributed by atoms with Gasteiger partial charge in [-0.2, -0.15) is 0 Å². The average Bonchev–Trinajstić information content (AvgIpc) is 3.56. The highest BCUT2D eigenvalue weighted by Crippen LogP contribution is 2.45. The molecule has 69 heavy (non-hydrogen) atoms. The molecule has 0 atom stereocenters. The van der Waals surface area contributed by atoms with Gasteiger partial charge in [0, 0.05) is 65.9 Å². The van der Waals surface area contributed by atoms with E-state index in [1.54, 1.807) is 61.8 Å². The van der Waals surface area contributed by atoms with E-state index in [1.807, 2.05) is 0 Å². The van der Waals surface area contributed by atoms with Crippen LogP contribution in [0.4, 0.5) is 5.69 Å². The van der Waals surface area contributed by atoms with Crippen molar-refractivity contribution < 1.29 is 74.6 Å². The molecule has 0 bridgehead atoms. The number of nitrogens with zero attached hydrogens (tertiary/aromatic N) is 1. The Bertz CT molecular complexity index is 2910. The maximum atomic E-state index is 13.1. The van der Waals surface area contributed by atoms with Crippen LogP contribution in [-0.4, -0.2) is 117 Å². The Morgan fingerprint density at radius 1 is 0.725 bits per heavy atom. The first-order valence-corrected chi connectivity index (χ1v) is 26.2. The lowest BCUT2D eigenvalue weighted by Crippen LogP contribution is -3.11. The van der Waals surface area contributed by atoms with Gasteiger partial charge in [0.15, 0.2) is 5.54 Å². The van der Waals surface area contributed by atoms with Crippen molar-refractivity contribution in [1.82, 2.24) is 5.06 Å². The average molecular weight is 994 g/mol. The van der Waals surface area contributed by atoms with E-state index in [1.165, 1.54) is 63.5 Å². The first kappa shape index (κ1) is 54.2. The minimum Gasteiger partial charge on any atom is -0.748 e. The largest absolute Gasteiger partial charge is 0.748 e. The van der Waals surface area contributed by atoms with Crippen LogP contribution in [-0.2, 0) is 34.7 Å². The molecule has 0 spiro atoms. The maximum Gasteiger partial charge on any atom is 0.363 e. The summed E-state index contributed by atoms with van der Waals surface area (Å²) in [6, 6.07) is 9.59. The smallest absolute Gasteiger partial charge is 0.363 e. The Balaban J connectivity index is 0.000000554. The third kappa shape index (κ3) is 13.3. The lowest BCUT2D eigenvalue weighted by Gasteiger charge is -2.34. The van der Waals surface area contributed by atoms with Gasteiger partial charge in [-0.05, 0) is 102 Å². The third-order valence-electron chi connectivity index (χ3n) is 12.3. The highest BCUT2D eigenvalue weighted by atomic mass is 32.2. The van der Waals surface area contributed by atoms with Crippen molar-refractivity contribution in [3.05, 3.63) is 98.6 Å². The first-order valence-electron chi connectivity index (χ1n) is 23.1. The lowest BCUT2D eigenvalue weighted by molar-refractivity contribution is -0.894. The van der Waals surface area contributed by atoms with Crippen molar-refractivity contribution in [2.24, 2.45) is 0 Å². The van der Waals surface area contributed by atoms with E-state index in [-0.39, 0.29) is 74.1 Å². The molecule has 0 unspecified atom stereocenters. The number of carbonyl (C=O) groups excluding carboxylic acids is 4. The molecule has 0 radical (unpaired) electrons. The second-order valence-corrected chi connectivity index (χ2v) is 21.1. The Morgan fingerprint density at radius 3 is 1.75 bits per heavy atom. The van der Waals surface area contributed by atoms with Crippen LogP contribution in [0.3, 0.4) is 0 Å². The van der Waals surface area contributed by atoms with Crippen LogP contribution in [0.1, 0.15) is 125 Å². The SMILES string of the molecule is CC1(C)C=C(CS(=O)(=O)[O-])c2cc3c(cc2N1)Oc1cc2c(cc1=C3c1ccc(C(=O)ON3C(=O)CCC3=O)cc1C(=O)[O-])C(CS(=O)(=O)[O-])=CC(C)(C)[NH+]=2.CC[NH+](CC)CC.CC[NH+](CC)CC. The van der Waals surface area contributed by atoms with E-state index in [0.717, 1.165) is 6.07 Å². The minimum absolute atomic E-state index is 0.0484. The molecule has 2 amide bonds. The molecule has 0 aliphatic carbocycles. The molecular formula is C49H63N5O13S2. The Kier molecular flexibility index (Phi) is 16.9. The molecule has 4 aliphatic rings. The number of hydroxylamine groups is 2. The maximum absolute atomic E-state index is 13.1. The molecule has 4 aliphatic heterocycles. The fourth-order valence-corrected chi connectivity index (χ4v) is 10.0. The third-order valence-corrected chi connectivity index (χ3v) is 13.6. The van der Waals surface area contributed by atoms with Gasteiger partial charge in [0.05, 0.1) is 99.7 Å². The Morgan fingerprint density at radius 2 is 1.26 bits per heavy atom. The van der Waals surface area contributed by atoms with Gasteiger partial charge in [-0.25, -0.2) is 26.6 Å². The Labute approximate surface area is 403 Å². The van der Waals surface area contributed by atoms with Crippen LogP contribution in [0.25, 0.3) is 16.7 Å². The fraction of sp³-hybridized carbons (Fsp3) is 0.449. The van der Waals surface area contributed by atoms with Gasteiger partial charge < -0.3 is 43.7 Å². The van der Waals surface area contributed by atoms with Crippen molar-refractivity contribution in [1.29, 1.82) is 0 Å². The number of rotatable bonds is 14. The highest BCUT2D eigenvalue weighted by molar-refractivity contribution is 7.86. The number of aromatic carboxylic acids is 1. The molecular weight excluding hydrogens is 931 g/mol. The number of carboxylic acid groups (broad SMARTS) is 1. The zero-order chi connectivity index (χ0) is 51.4. The summed E-state index contributed by atoms with van der Waals surface area (Å²) in [6.07, 6.45) is 2.83. The number of hydrogen-bond acceptors (Lipinski definition) is 14. The topological polar surface area (TPSA) is 262 Å². The second kappa shape index (κ2) is 21.5. The van der Waals surface area contributed by atoms with Crippen molar-refractivity contribution >= 4 is 66.4 Å². The van der Waals surface area contributed by atoms with Gasteiger partial charge in [-0.15, -0.1) is 5.06 Å². The number of fused-ring (bicyclic) bond motifs is 4. The van der Waals surface area contributed by atoms with Crippen molar-refractivity contribution in [3.8, 4) is 11.5 Å². The number of amides is 2. The van der Waals surface area contributed by atoms with Crippen molar-refractivity contribution in [2.45, 2.75) is 93.2 Å². The zero-order valence-corrected chi connectivity index (χ0v) is 42.5. The summed E-state index contributed by atoms with van der Waals surface area (Å²) in [7, 11) is -9.57. The molecule has 4 heterocycles. The molecule has 1 saturated heterocycles. The van der Waals surface area contributed by atoms with Gasteiger partial charge in [-0.3, -0.25) is 9.59 Å². The number of ether oxygens (including phenoxy) is 1. The van der Waals surface area contributed by atoms with Gasteiger partial charge in [-0.1, -0.05) is 12.1 Å². The number of hydrogen-bond donors (Lipinski definition) is 4. The van der Waals surface area contributed by atoms with Gasteiger partial charge in [0.2, 0.25) is 5.36 Å². The van der Waals surface area contributed by atoms with Gasteiger partial charge in [0.1, 0.15) is 11.5 Å². The van der Waals surface area contributed by atoms with Crippen LogP contribution >= 0.6 is 0 Å². The number of quaternary nitrogens is 2. The predicted octanol–water partition coefficient (Wildman–Crippen LogP) is -0.960. The van der Waals surface area contributed by atoms with E-state index >= 15 is 0 Å². The van der Waals surface area contributed by atoms with E-state index in [9.17, 15) is 50.2 Å². The number of carboxylic acids is 1. The molecule has 0 aromatic heterocycles. The van der Waals surface area contributed by atoms with E-state index in [2.05, 4.69) is 51.9 Å². The van der Waals surface area contributed by atoms with Gasteiger partial charge >= 0.3 is 5.97 Å². The Hall–Kier alpha value is -5.77. The molecule has 20 heteroatoms. The molecule has 374 valence electrons. The summed E-state index contributed by atoms with van der Waals surface area (Å²) in [5.74, 6) is -5.86. The molecule has 3 aromatic carbocycles. The number of imide groups is 1. The van der Waals surface area contributed by atoms with Crippen LogP contribution in [0.2, 0.25) is 0 Å². The second-order valence-electron chi connectivity index (χ2n) is 18.3. The zero-order valence-electron chi connectivity index (χ0n) is 40.8. The van der Waals surface area contributed by atoms with Crippen LogP contribution in [0.5, 0.6) is 11.5 Å². The summed E-state index contributed by atoms with van der Waals surface area (Å²) in [4.78, 5) is 61.8. The van der Waals surface area contributed by atoms with E-state index in [0.29, 0.717) is 16.1 Å². The minimum atomic E-state index is -4.79. The number of anilines is 1. The van der Waals surface area contributed by atoms with Crippen LogP contribution in [0, 0.1) is 0 Å². The van der Waals surface area contributed by atoms with Gasteiger partial charge in [0.25, 0.3) is 11.8 Å². The fourth-order valence-electron chi connectivity index (χ4n) is 8.78. The molecule has 4 N–H and O–H groups in total. The molecule has 1 fully saturated rings. The molecule has 3 aromatic rings. The molecule has 7 rings (SSSR count). The predicted molar refractivity (Wildman–Crippen MR) is 253 cm³/mol. The quantitative estimate of drug-likeness (QED) is 0.0877. The number of carbonyl (C=O) groups is 4. The van der Waals surface area contributed by atoms with Crippen LogP contribution < -0.4 is 40.5 Å². The van der Waals surface area contributed by atoms with E-state index < -0.39 is 72.1 Å². The number of nitrogens with one attached hydrogen (secondary N) is 4. The standard InChI is InChI=1S/C37H33N3O13S2.2C6H15N/c1-36(2)14-19(16-54(46,47)48)22-10-25-29(12-27(22)38-36)52-30-13-28-23(20(17-55(49,50)51)15-37(3,4)39-28)11-26(30)33(25)21-6-5-18(9-24(21)34(43)44)35(45)53-40-31(41)7-8-32(40)42;2*1-4-7(5-2)6-3/h5-6,9-15,38H,7-8,16-17H2,1-4H3,(H,43,44)(H,46,47,48)(H,49,50,51);2*4-6H2,1-3H3. The summed E-state index contributed by atoms with van der Waals surface area (Å²) in [6.45, 7) is 28.0. The normalized spacial score (nSPS) is 16.4. The lowest BCUT2D eigenvalue weighted by atomic mass is 9.84. The summed E-state index contributed by atoms with van der Waals surface area (Å²) in [5, 5.41) is 17.1. The summed E-state index contributed by atoms with van der Waals surface area (Å²) < 4.78 is 78.7. The highest BCUT2D eigenvalue weighted by Gasteiger charge is 2.35. The van der Waals surface area contributed by atoms with Crippen LogP contribution in [0.15, 0.2) is 54.6 Å². The molecule has 18 nitrogen and oxygen atoms in total. The summed E-state index contributed by atoms with van der Waals surface area (Å²) >= 11 is 0.